The van der Waals surface area contributed by atoms with Gasteiger partial charge in [-0.15, -0.1) is 0 Å². The molecule has 0 fully saturated rings. The van der Waals surface area contributed by atoms with Crippen LogP contribution in [0.25, 0.3) is 93.2 Å². The Morgan fingerprint density at radius 3 is 1.63 bits per heavy atom. The van der Waals surface area contributed by atoms with Gasteiger partial charge in [0.2, 0.25) is 0 Å². The molecule has 11 aromatic carbocycles. The number of benzene rings is 11. The second-order valence-corrected chi connectivity index (χ2v) is 16.2. The fourth-order valence-electron chi connectivity index (χ4n) is 9.55. The third-order valence-corrected chi connectivity index (χ3v) is 12.5. The maximum atomic E-state index is 2.42. The molecule has 0 atom stereocenters. The van der Waals surface area contributed by atoms with Crippen molar-refractivity contribution >= 4 is 71.2 Å². The molecule has 0 saturated carbocycles. The molecule has 0 aliphatic heterocycles. The van der Waals surface area contributed by atoms with Crippen molar-refractivity contribution < 1.29 is 0 Å². The Morgan fingerprint density at radius 2 is 0.855 bits per heavy atom. The number of anilines is 3. The van der Waals surface area contributed by atoms with E-state index in [0.717, 1.165) is 22.7 Å². The smallest absolute Gasteiger partial charge is 0.0547 e. The minimum Gasteiger partial charge on any atom is -0.310 e. The molecule has 0 aliphatic rings. The van der Waals surface area contributed by atoms with E-state index in [1.165, 1.54) is 87.5 Å². The van der Waals surface area contributed by atoms with Gasteiger partial charge in [0.05, 0.1) is 11.0 Å². The van der Waals surface area contributed by atoms with Gasteiger partial charge in [0.1, 0.15) is 0 Å². The normalized spacial score (nSPS) is 11.5. The molecule has 0 radical (unpaired) electrons. The zero-order valence-corrected chi connectivity index (χ0v) is 34.0. The second kappa shape index (κ2) is 14.8. The van der Waals surface area contributed by atoms with E-state index < -0.39 is 0 Å². The molecule has 1 heterocycles. The molecular formula is C60H40N2. The van der Waals surface area contributed by atoms with Crippen molar-refractivity contribution in [2.24, 2.45) is 0 Å². The van der Waals surface area contributed by atoms with Crippen molar-refractivity contribution in [2.45, 2.75) is 0 Å². The average molecular weight is 789 g/mol. The summed E-state index contributed by atoms with van der Waals surface area (Å²) < 4.78 is 2.42. The molecule has 2 heteroatoms. The predicted octanol–water partition coefficient (Wildman–Crippen LogP) is 16.7. The van der Waals surface area contributed by atoms with E-state index in [0.29, 0.717) is 0 Å². The van der Waals surface area contributed by atoms with E-state index in [1.54, 1.807) is 0 Å². The lowest BCUT2D eigenvalue weighted by Crippen LogP contribution is -2.10. The van der Waals surface area contributed by atoms with Crippen LogP contribution in [-0.4, -0.2) is 4.57 Å². The van der Waals surface area contributed by atoms with Gasteiger partial charge in [-0.1, -0.05) is 170 Å². The molecule has 12 rings (SSSR count). The highest BCUT2D eigenvalue weighted by molar-refractivity contribution is 6.18. The molecular weight excluding hydrogens is 749 g/mol. The molecule has 0 spiro atoms. The lowest BCUT2D eigenvalue weighted by molar-refractivity contribution is 1.18. The first kappa shape index (κ1) is 35.7. The number of aromatic nitrogens is 1. The molecule has 0 amide bonds. The van der Waals surface area contributed by atoms with Gasteiger partial charge in [0, 0.05) is 33.5 Å². The number of rotatable bonds is 7. The molecule has 0 aliphatic carbocycles. The molecule has 1 aromatic heterocycles. The summed E-state index contributed by atoms with van der Waals surface area (Å²) in [4.78, 5) is 2.39. The monoisotopic (exact) mass is 788 g/mol. The average Bonchev–Trinajstić information content (AvgIpc) is 3.67. The van der Waals surface area contributed by atoms with Crippen LogP contribution >= 0.6 is 0 Å². The molecule has 0 N–H and O–H groups in total. The standard InChI is InChI=1S/C60H40N2/c1-2-20-50(21-3-1)62-58-26-12-25-56(60(58)57-39-46-16-6-7-17-47(46)40-59(57)62)49-19-10-22-53(38-49)61(51-33-29-42(30-34-51)48-28-27-41-13-4-5-15-45(41)37-48)52-35-31-44(32-36-52)55-24-11-18-43-14-8-9-23-54(43)55/h1-40H. The van der Waals surface area contributed by atoms with Crippen LogP contribution in [-0.2, 0) is 0 Å². The van der Waals surface area contributed by atoms with Gasteiger partial charge < -0.3 is 9.47 Å². The molecule has 0 unspecified atom stereocenters. The van der Waals surface area contributed by atoms with Crippen molar-refractivity contribution in [3.63, 3.8) is 0 Å². The van der Waals surface area contributed by atoms with Crippen molar-refractivity contribution in [3.8, 4) is 39.1 Å². The van der Waals surface area contributed by atoms with Crippen LogP contribution in [0.1, 0.15) is 0 Å². The summed E-state index contributed by atoms with van der Waals surface area (Å²) in [5.74, 6) is 0. The van der Waals surface area contributed by atoms with Crippen LogP contribution < -0.4 is 4.90 Å². The lowest BCUT2D eigenvalue weighted by atomic mass is 9.97. The topological polar surface area (TPSA) is 8.17 Å². The summed E-state index contributed by atoms with van der Waals surface area (Å²) in [6, 6.07) is 88.5. The van der Waals surface area contributed by atoms with Gasteiger partial charge >= 0.3 is 0 Å². The van der Waals surface area contributed by atoms with E-state index >= 15 is 0 Å². The Bertz CT molecular complexity index is 3610. The van der Waals surface area contributed by atoms with Crippen molar-refractivity contribution in [1.29, 1.82) is 0 Å². The Hall–Kier alpha value is -8.20. The van der Waals surface area contributed by atoms with E-state index in [1.807, 2.05) is 0 Å². The van der Waals surface area contributed by atoms with Gasteiger partial charge in [0.15, 0.2) is 0 Å². The Balaban J connectivity index is 1.02. The number of para-hydroxylation sites is 1. The molecule has 2 nitrogen and oxygen atoms in total. The molecule has 62 heavy (non-hydrogen) atoms. The molecule has 0 saturated heterocycles. The summed E-state index contributed by atoms with van der Waals surface area (Å²) >= 11 is 0. The van der Waals surface area contributed by atoms with E-state index in [2.05, 4.69) is 252 Å². The summed E-state index contributed by atoms with van der Waals surface area (Å²) in [5.41, 5.74) is 14.0. The van der Waals surface area contributed by atoms with Gasteiger partial charge in [0.25, 0.3) is 0 Å². The van der Waals surface area contributed by atoms with Crippen LogP contribution in [0, 0.1) is 0 Å². The fourth-order valence-corrected chi connectivity index (χ4v) is 9.55. The number of fused-ring (bicyclic) bond motifs is 6. The van der Waals surface area contributed by atoms with Gasteiger partial charge in [-0.05, 0) is 138 Å². The highest BCUT2D eigenvalue weighted by Crippen LogP contribution is 2.43. The lowest BCUT2D eigenvalue weighted by Gasteiger charge is -2.26. The molecule has 12 aromatic rings. The van der Waals surface area contributed by atoms with E-state index in [9.17, 15) is 0 Å². The molecule has 290 valence electrons. The minimum absolute atomic E-state index is 1.09. The zero-order chi connectivity index (χ0) is 41.0. The van der Waals surface area contributed by atoms with E-state index in [4.69, 9.17) is 0 Å². The Labute approximate surface area is 360 Å². The van der Waals surface area contributed by atoms with E-state index in [-0.39, 0.29) is 0 Å². The third-order valence-electron chi connectivity index (χ3n) is 12.5. The quantitative estimate of drug-likeness (QED) is 0.156. The van der Waals surface area contributed by atoms with Crippen LogP contribution in [0.15, 0.2) is 243 Å². The first-order chi connectivity index (χ1) is 30.7. The number of hydrogen-bond acceptors (Lipinski definition) is 1. The summed E-state index contributed by atoms with van der Waals surface area (Å²) in [6.45, 7) is 0. The number of nitrogens with zero attached hydrogens (tertiary/aromatic N) is 2. The Morgan fingerprint density at radius 1 is 0.274 bits per heavy atom. The zero-order valence-electron chi connectivity index (χ0n) is 34.0. The van der Waals surface area contributed by atoms with Crippen LogP contribution in [0.3, 0.4) is 0 Å². The maximum absolute atomic E-state index is 2.42. The van der Waals surface area contributed by atoms with Crippen LogP contribution in [0.4, 0.5) is 17.1 Å². The first-order valence-electron chi connectivity index (χ1n) is 21.3. The van der Waals surface area contributed by atoms with Gasteiger partial charge in [-0.3, -0.25) is 0 Å². The maximum Gasteiger partial charge on any atom is 0.0547 e. The fraction of sp³-hybridized carbons (Fsp3) is 0. The highest BCUT2D eigenvalue weighted by Gasteiger charge is 2.19. The predicted molar refractivity (Wildman–Crippen MR) is 264 cm³/mol. The van der Waals surface area contributed by atoms with Crippen molar-refractivity contribution in [1.82, 2.24) is 4.57 Å². The van der Waals surface area contributed by atoms with Gasteiger partial charge in [-0.2, -0.15) is 0 Å². The Kier molecular flexibility index (Phi) is 8.53. The second-order valence-electron chi connectivity index (χ2n) is 16.2. The third kappa shape index (κ3) is 6.12. The largest absolute Gasteiger partial charge is 0.310 e. The van der Waals surface area contributed by atoms with Crippen molar-refractivity contribution in [2.75, 3.05) is 4.90 Å². The summed E-state index contributed by atoms with van der Waals surface area (Å²) in [7, 11) is 0. The number of hydrogen-bond donors (Lipinski definition) is 0. The molecule has 0 bridgehead atoms. The minimum atomic E-state index is 1.09. The van der Waals surface area contributed by atoms with Crippen LogP contribution in [0.5, 0.6) is 0 Å². The van der Waals surface area contributed by atoms with Crippen molar-refractivity contribution in [3.05, 3.63) is 243 Å². The first-order valence-corrected chi connectivity index (χ1v) is 21.3. The SMILES string of the molecule is c1ccc(-n2c3cc4ccccc4cc3c3c(-c4cccc(N(c5ccc(-c6ccc7ccccc7c6)cc5)c5ccc(-c6cccc7ccccc67)cc5)c4)cccc32)cc1. The summed E-state index contributed by atoms with van der Waals surface area (Å²) in [6.07, 6.45) is 0. The van der Waals surface area contributed by atoms with Gasteiger partial charge in [-0.25, -0.2) is 0 Å². The van der Waals surface area contributed by atoms with Crippen LogP contribution in [0.2, 0.25) is 0 Å². The summed E-state index contributed by atoms with van der Waals surface area (Å²) in [5, 5.41) is 9.96. The highest BCUT2D eigenvalue weighted by atomic mass is 15.1.